The third kappa shape index (κ3) is 4.16. The van der Waals surface area contributed by atoms with Crippen molar-refractivity contribution in [2.24, 2.45) is 5.92 Å². The maximum absolute atomic E-state index is 12.5. The number of rotatable bonds is 6. The van der Waals surface area contributed by atoms with Gasteiger partial charge in [0.15, 0.2) is 5.25 Å². The molecule has 2 atom stereocenters. The first kappa shape index (κ1) is 16.4. The predicted octanol–water partition coefficient (Wildman–Crippen LogP) is 1.33. The second kappa shape index (κ2) is 7.22. The molecule has 110 valence electrons. The first-order valence-electron chi connectivity index (χ1n) is 7.04. The van der Waals surface area contributed by atoms with Crippen molar-refractivity contribution in [2.75, 3.05) is 19.6 Å². The highest BCUT2D eigenvalue weighted by atomic mass is 32.2. The fourth-order valence-corrected chi connectivity index (χ4v) is 4.36. The van der Waals surface area contributed by atoms with Crippen LogP contribution in [0, 0.1) is 17.2 Å². The summed E-state index contributed by atoms with van der Waals surface area (Å²) in [7, 11) is -3.52. The van der Waals surface area contributed by atoms with Gasteiger partial charge in [0.1, 0.15) is 0 Å². The van der Waals surface area contributed by atoms with Gasteiger partial charge >= 0.3 is 0 Å². The van der Waals surface area contributed by atoms with Crippen molar-refractivity contribution < 1.29 is 8.42 Å². The van der Waals surface area contributed by atoms with Crippen LogP contribution >= 0.6 is 0 Å². The molecule has 0 saturated carbocycles. The lowest BCUT2D eigenvalue weighted by Gasteiger charge is -2.33. The zero-order valence-corrected chi connectivity index (χ0v) is 12.9. The molecule has 1 N–H and O–H groups in total. The van der Waals surface area contributed by atoms with E-state index in [0.717, 1.165) is 25.9 Å². The van der Waals surface area contributed by atoms with E-state index in [2.05, 4.69) is 5.32 Å². The van der Waals surface area contributed by atoms with Crippen LogP contribution in [0.4, 0.5) is 0 Å². The summed E-state index contributed by atoms with van der Waals surface area (Å²) in [4.78, 5) is 0. The van der Waals surface area contributed by atoms with Gasteiger partial charge in [0.25, 0.3) is 0 Å². The third-order valence-corrected chi connectivity index (χ3v) is 6.00. The van der Waals surface area contributed by atoms with Gasteiger partial charge in [0, 0.05) is 12.6 Å². The average Bonchev–Trinajstić information content (AvgIpc) is 2.37. The lowest BCUT2D eigenvalue weighted by Crippen LogP contribution is -2.47. The molecule has 0 radical (unpaired) electrons. The molecular weight excluding hydrogens is 262 g/mol. The first-order chi connectivity index (χ1) is 8.93. The van der Waals surface area contributed by atoms with Gasteiger partial charge in [-0.05, 0) is 52.1 Å². The monoisotopic (exact) mass is 287 g/mol. The second-order valence-corrected chi connectivity index (χ2v) is 7.51. The number of sulfonamides is 1. The minimum absolute atomic E-state index is 0.102. The van der Waals surface area contributed by atoms with Crippen LogP contribution in [0.15, 0.2) is 0 Å². The standard InChI is InChI=1S/C13H25N3O2S/c1-4-13(8-14)19(17,18)16(11(2)3)10-12-6-5-7-15-9-12/h11-13,15H,4-7,9-10H2,1-3H3. The van der Waals surface area contributed by atoms with E-state index in [1.807, 2.05) is 19.9 Å². The van der Waals surface area contributed by atoms with Crippen LogP contribution in [-0.4, -0.2) is 43.6 Å². The van der Waals surface area contributed by atoms with Crippen LogP contribution in [-0.2, 0) is 10.0 Å². The van der Waals surface area contributed by atoms with Crippen LogP contribution in [0.2, 0.25) is 0 Å². The molecule has 2 unspecified atom stereocenters. The highest BCUT2D eigenvalue weighted by Gasteiger charge is 2.34. The molecule has 5 nitrogen and oxygen atoms in total. The predicted molar refractivity (Wildman–Crippen MR) is 76.0 cm³/mol. The molecule has 0 aromatic carbocycles. The quantitative estimate of drug-likeness (QED) is 0.800. The molecule has 1 aliphatic rings. The molecule has 0 aromatic rings. The molecule has 1 fully saturated rings. The molecule has 1 heterocycles. The van der Waals surface area contributed by atoms with Crippen LogP contribution in [0.5, 0.6) is 0 Å². The number of hydrogen-bond donors (Lipinski definition) is 1. The van der Waals surface area contributed by atoms with Crippen LogP contribution < -0.4 is 5.32 Å². The second-order valence-electron chi connectivity index (χ2n) is 5.45. The minimum Gasteiger partial charge on any atom is -0.316 e. The number of hydrogen-bond acceptors (Lipinski definition) is 4. The average molecular weight is 287 g/mol. The van der Waals surface area contributed by atoms with Gasteiger partial charge in [-0.15, -0.1) is 0 Å². The number of nitrogens with zero attached hydrogens (tertiary/aromatic N) is 2. The zero-order chi connectivity index (χ0) is 14.5. The zero-order valence-electron chi connectivity index (χ0n) is 12.1. The van der Waals surface area contributed by atoms with Crippen molar-refractivity contribution in [1.82, 2.24) is 9.62 Å². The number of nitrogens with one attached hydrogen (secondary N) is 1. The van der Waals surface area contributed by atoms with E-state index in [4.69, 9.17) is 5.26 Å². The Morgan fingerprint density at radius 3 is 2.58 bits per heavy atom. The Morgan fingerprint density at radius 1 is 1.47 bits per heavy atom. The normalized spacial score (nSPS) is 22.4. The molecule has 6 heteroatoms. The van der Waals surface area contributed by atoms with Gasteiger partial charge in [-0.3, -0.25) is 0 Å². The van der Waals surface area contributed by atoms with E-state index < -0.39 is 15.3 Å². The van der Waals surface area contributed by atoms with Crippen molar-refractivity contribution in [1.29, 1.82) is 5.26 Å². The smallest absolute Gasteiger partial charge is 0.230 e. The maximum atomic E-state index is 12.5. The van der Waals surface area contributed by atoms with Gasteiger partial charge in [0.05, 0.1) is 6.07 Å². The lowest BCUT2D eigenvalue weighted by atomic mass is 9.99. The number of piperidine rings is 1. The Morgan fingerprint density at radius 2 is 2.16 bits per heavy atom. The van der Waals surface area contributed by atoms with Gasteiger partial charge in [-0.1, -0.05) is 6.92 Å². The first-order valence-corrected chi connectivity index (χ1v) is 8.54. The highest BCUT2D eigenvalue weighted by molar-refractivity contribution is 7.90. The molecular formula is C13H25N3O2S. The Hall–Kier alpha value is -0.640. The minimum atomic E-state index is -3.52. The van der Waals surface area contributed by atoms with E-state index >= 15 is 0 Å². The van der Waals surface area contributed by atoms with Gasteiger partial charge in [0.2, 0.25) is 10.0 Å². The van der Waals surface area contributed by atoms with Crippen molar-refractivity contribution in [3.05, 3.63) is 0 Å². The van der Waals surface area contributed by atoms with E-state index in [1.165, 1.54) is 4.31 Å². The van der Waals surface area contributed by atoms with Crippen molar-refractivity contribution in [3.8, 4) is 6.07 Å². The Bertz CT molecular complexity index is 408. The summed E-state index contributed by atoms with van der Waals surface area (Å²) in [6, 6.07) is 1.82. The molecule has 0 bridgehead atoms. The summed E-state index contributed by atoms with van der Waals surface area (Å²) >= 11 is 0. The SMILES string of the molecule is CCC(C#N)S(=O)(=O)N(CC1CCCNC1)C(C)C. The molecule has 0 aliphatic carbocycles. The van der Waals surface area contributed by atoms with Gasteiger partial charge in [-0.25, -0.2) is 8.42 Å². The van der Waals surface area contributed by atoms with Crippen molar-refractivity contribution in [2.45, 2.75) is 51.3 Å². The van der Waals surface area contributed by atoms with Crippen LogP contribution in [0.1, 0.15) is 40.0 Å². The van der Waals surface area contributed by atoms with Crippen LogP contribution in [0.25, 0.3) is 0 Å². The molecule has 0 amide bonds. The van der Waals surface area contributed by atoms with Crippen LogP contribution in [0.3, 0.4) is 0 Å². The topological polar surface area (TPSA) is 73.2 Å². The summed E-state index contributed by atoms with van der Waals surface area (Å²) in [6.07, 6.45) is 2.48. The molecule has 0 aromatic heterocycles. The largest absolute Gasteiger partial charge is 0.316 e. The highest BCUT2D eigenvalue weighted by Crippen LogP contribution is 2.20. The maximum Gasteiger partial charge on any atom is 0.230 e. The van der Waals surface area contributed by atoms with E-state index in [-0.39, 0.29) is 6.04 Å². The van der Waals surface area contributed by atoms with Crippen molar-refractivity contribution in [3.63, 3.8) is 0 Å². The fourth-order valence-electron chi connectivity index (χ4n) is 2.47. The summed E-state index contributed by atoms with van der Waals surface area (Å²) < 4.78 is 26.5. The molecule has 19 heavy (non-hydrogen) atoms. The van der Waals surface area contributed by atoms with E-state index in [9.17, 15) is 8.42 Å². The summed E-state index contributed by atoms with van der Waals surface area (Å²) in [5, 5.41) is 11.4. The Kier molecular flexibility index (Phi) is 6.24. The molecule has 1 saturated heterocycles. The van der Waals surface area contributed by atoms with E-state index in [1.54, 1.807) is 6.92 Å². The molecule has 0 spiro atoms. The molecule has 1 rings (SSSR count). The van der Waals surface area contributed by atoms with Crippen molar-refractivity contribution >= 4 is 10.0 Å². The fraction of sp³-hybridized carbons (Fsp3) is 0.923. The Balaban J connectivity index is 2.84. The van der Waals surface area contributed by atoms with E-state index in [0.29, 0.717) is 18.9 Å². The molecule has 1 aliphatic heterocycles. The number of nitriles is 1. The van der Waals surface area contributed by atoms with Gasteiger partial charge in [-0.2, -0.15) is 9.57 Å². The van der Waals surface area contributed by atoms with Gasteiger partial charge < -0.3 is 5.32 Å². The lowest BCUT2D eigenvalue weighted by molar-refractivity contribution is 0.262. The summed E-state index contributed by atoms with van der Waals surface area (Å²) in [5.41, 5.74) is 0. The Labute approximate surface area is 117 Å². The third-order valence-electron chi connectivity index (χ3n) is 3.61. The summed E-state index contributed by atoms with van der Waals surface area (Å²) in [6.45, 7) is 7.88. The summed E-state index contributed by atoms with van der Waals surface area (Å²) in [5.74, 6) is 0.349.